The highest BCUT2D eigenvalue weighted by Crippen LogP contribution is 2.23. The number of carbonyl (C=O) groups excluding carboxylic acids is 2. The fourth-order valence-corrected chi connectivity index (χ4v) is 3.00. The van der Waals surface area contributed by atoms with Crippen LogP contribution in [0.5, 0.6) is 0 Å². The number of aromatic nitrogens is 1. The Morgan fingerprint density at radius 3 is 2.46 bits per heavy atom. The molecular formula is C17H22N4O2S. The lowest BCUT2D eigenvalue weighted by atomic mass is 10.1. The average molecular weight is 346 g/mol. The molecule has 7 heteroatoms. The van der Waals surface area contributed by atoms with Gasteiger partial charge in [0.15, 0.2) is 0 Å². The second kappa shape index (κ2) is 7.55. The summed E-state index contributed by atoms with van der Waals surface area (Å²) in [5.74, 6) is -0.308. The number of benzene rings is 1. The molecule has 0 radical (unpaired) electrons. The van der Waals surface area contributed by atoms with E-state index in [2.05, 4.69) is 20.9 Å². The number of hydrogen-bond acceptors (Lipinski definition) is 5. The van der Waals surface area contributed by atoms with E-state index in [1.165, 1.54) is 6.92 Å². The Bertz CT molecular complexity index is 740. The molecule has 0 saturated carbocycles. The average Bonchev–Trinajstić information content (AvgIpc) is 2.92. The molecule has 0 aliphatic rings. The van der Waals surface area contributed by atoms with Crippen LogP contribution in [0.2, 0.25) is 0 Å². The van der Waals surface area contributed by atoms with Gasteiger partial charge in [0.25, 0.3) is 0 Å². The molecule has 24 heavy (non-hydrogen) atoms. The van der Waals surface area contributed by atoms with E-state index in [1.807, 2.05) is 26.2 Å². The van der Waals surface area contributed by atoms with Crippen LogP contribution in [0.25, 0.3) is 0 Å². The number of nitrogens with zero attached hydrogens (tertiary/aromatic N) is 1. The number of amides is 2. The predicted octanol–water partition coefficient (Wildman–Crippen LogP) is 2.87. The second-order valence-electron chi connectivity index (χ2n) is 6.08. The lowest BCUT2D eigenvalue weighted by molar-refractivity contribution is -0.116. The summed E-state index contributed by atoms with van der Waals surface area (Å²) in [5.41, 5.74) is 1.88. The largest absolute Gasteiger partial charge is 0.326 e. The molecule has 0 aliphatic carbocycles. The number of anilines is 2. The van der Waals surface area contributed by atoms with Gasteiger partial charge in [0.1, 0.15) is 5.01 Å². The summed E-state index contributed by atoms with van der Waals surface area (Å²) in [6, 6.07) is 7.03. The van der Waals surface area contributed by atoms with Crippen LogP contribution in [0.3, 0.4) is 0 Å². The van der Waals surface area contributed by atoms with Gasteiger partial charge in [-0.1, -0.05) is 6.07 Å². The molecule has 2 amide bonds. The minimum absolute atomic E-state index is 0.152. The van der Waals surface area contributed by atoms with Gasteiger partial charge in [-0.15, -0.1) is 11.3 Å². The van der Waals surface area contributed by atoms with Crippen molar-refractivity contribution in [3.8, 4) is 0 Å². The van der Waals surface area contributed by atoms with Crippen molar-refractivity contribution in [3.05, 3.63) is 40.3 Å². The van der Waals surface area contributed by atoms with Gasteiger partial charge in [0.05, 0.1) is 12.1 Å². The lowest BCUT2D eigenvalue weighted by Gasteiger charge is -2.23. The molecule has 0 spiro atoms. The number of rotatable bonds is 6. The normalized spacial score (nSPS) is 11.2. The van der Waals surface area contributed by atoms with E-state index in [0.29, 0.717) is 11.4 Å². The topological polar surface area (TPSA) is 83.1 Å². The lowest BCUT2D eigenvalue weighted by Crippen LogP contribution is -2.41. The van der Waals surface area contributed by atoms with Crippen LogP contribution in [-0.2, 0) is 15.1 Å². The monoisotopic (exact) mass is 346 g/mol. The highest BCUT2D eigenvalue weighted by molar-refractivity contribution is 7.09. The van der Waals surface area contributed by atoms with Crippen LogP contribution in [0.4, 0.5) is 11.4 Å². The number of thiazole rings is 1. The second-order valence-corrected chi connectivity index (χ2v) is 6.94. The number of carbonyl (C=O) groups is 2. The summed E-state index contributed by atoms with van der Waals surface area (Å²) in [4.78, 5) is 27.7. The van der Waals surface area contributed by atoms with Gasteiger partial charge >= 0.3 is 0 Å². The van der Waals surface area contributed by atoms with Crippen molar-refractivity contribution in [1.29, 1.82) is 0 Å². The van der Waals surface area contributed by atoms with Gasteiger partial charge in [-0.3, -0.25) is 14.9 Å². The molecule has 6 nitrogen and oxygen atoms in total. The predicted molar refractivity (Wildman–Crippen MR) is 97.3 cm³/mol. The Hall–Kier alpha value is -2.25. The molecule has 0 fully saturated rings. The number of aryl methyl sites for hydroxylation is 1. The standard InChI is InChI=1S/C17H22N4O2S/c1-11-10-24-16(19-11)17(3,4)18-9-15(23)21-14-7-5-6-13(8-14)20-12(2)22/h5-8,10,18H,9H2,1-4H3,(H,20,22)(H,21,23). The summed E-state index contributed by atoms with van der Waals surface area (Å²) < 4.78 is 0. The van der Waals surface area contributed by atoms with Crippen LogP contribution in [-0.4, -0.2) is 23.3 Å². The van der Waals surface area contributed by atoms with E-state index in [1.54, 1.807) is 35.6 Å². The molecule has 0 aliphatic heterocycles. The van der Waals surface area contributed by atoms with Crippen LogP contribution >= 0.6 is 11.3 Å². The van der Waals surface area contributed by atoms with Gasteiger partial charge in [0, 0.05) is 29.4 Å². The smallest absolute Gasteiger partial charge is 0.238 e. The fraction of sp³-hybridized carbons (Fsp3) is 0.353. The van der Waals surface area contributed by atoms with Gasteiger partial charge in [0.2, 0.25) is 11.8 Å². The SMILES string of the molecule is CC(=O)Nc1cccc(NC(=O)CNC(C)(C)c2nc(C)cs2)c1. The van der Waals surface area contributed by atoms with Crippen LogP contribution < -0.4 is 16.0 Å². The molecule has 0 atom stereocenters. The van der Waals surface area contributed by atoms with Crippen LogP contribution in [0.15, 0.2) is 29.6 Å². The van der Waals surface area contributed by atoms with E-state index in [4.69, 9.17) is 0 Å². The highest BCUT2D eigenvalue weighted by Gasteiger charge is 2.24. The van der Waals surface area contributed by atoms with Gasteiger partial charge in [-0.25, -0.2) is 4.98 Å². The molecule has 128 valence electrons. The van der Waals surface area contributed by atoms with Gasteiger partial charge in [-0.05, 0) is 39.0 Å². The first-order chi connectivity index (χ1) is 11.3. The van der Waals surface area contributed by atoms with Gasteiger partial charge in [-0.2, -0.15) is 0 Å². The quantitative estimate of drug-likeness (QED) is 0.751. The van der Waals surface area contributed by atoms with Crippen molar-refractivity contribution in [2.45, 2.75) is 33.2 Å². The maximum absolute atomic E-state index is 12.2. The molecule has 2 aromatic rings. The van der Waals surface area contributed by atoms with Gasteiger partial charge < -0.3 is 10.6 Å². The summed E-state index contributed by atoms with van der Waals surface area (Å²) >= 11 is 1.57. The summed E-state index contributed by atoms with van der Waals surface area (Å²) in [6.45, 7) is 7.55. The Labute approximate surface area is 145 Å². The highest BCUT2D eigenvalue weighted by atomic mass is 32.1. The van der Waals surface area contributed by atoms with E-state index in [-0.39, 0.29) is 23.9 Å². The molecule has 1 aromatic heterocycles. The third-order valence-electron chi connectivity index (χ3n) is 3.31. The van der Waals surface area contributed by atoms with E-state index in [9.17, 15) is 9.59 Å². The maximum atomic E-state index is 12.2. The van der Waals surface area contributed by atoms with E-state index in [0.717, 1.165) is 10.7 Å². The van der Waals surface area contributed by atoms with Crippen LogP contribution in [0.1, 0.15) is 31.5 Å². The zero-order valence-corrected chi connectivity index (χ0v) is 15.1. The third kappa shape index (κ3) is 5.14. The Balaban J connectivity index is 1.92. The number of nitrogens with one attached hydrogen (secondary N) is 3. The third-order valence-corrected chi connectivity index (χ3v) is 4.60. The fourth-order valence-electron chi connectivity index (χ4n) is 2.10. The van der Waals surface area contributed by atoms with Crippen molar-refractivity contribution >= 4 is 34.5 Å². The summed E-state index contributed by atoms with van der Waals surface area (Å²) in [6.07, 6.45) is 0. The molecular weight excluding hydrogens is 324 g/mol. The Morgan fingerprint density at radius 1 is 1.21 bits per heavy atom. The molecule has 2 rings (SSSR count). The van der Waals surface area contributed by atoms with Crippen molar-refractivity contribution in [2.24, 2.45) is 0 Å². The number of hydrogen-bond donors (Lipinski definition) is 3. The molecule has 0 saturated heterocycles. The van der Waals surface area contributed by atoms with Crippen LogP contribution in [0, 0.1) is 6.92 Å². The van der Waals surface area contributed by atoms with Crippen molar-refractivity contribution < 1.29 is 9.59 Å². The Kier molecular flexibility index (Phi) is 5.69. The van der Waals surface area contributed by atoms with E-state index < -0.39 is 0 Å². The van der Waals surface area contributed by atoms with Crippen molar-refractivity contribution in [3.63, 3.8) is 0 Å². The molecule has 3 N–H and O–H groups in total. The first-order valence-electron chi connectivity index (χ1n) is 7.61. The zero-order chi connectivity index (χ0) is 17.7. The molecule has 0 unspecified atom stereocenters. The molecule has 0 bridgehead atoms. The maximum Gasteiger partial charge on any atom is 0.238 e. The van der Waals surface area contributed by atoms with Crippen molar-refractivity contribution in [1.82, 2.24) is 10.3 Å². The Morgan fingerprint density at radius 2 is 1.88 bits per heavy atom. The zero-order valence-electron chi connectivity index (χ0n) is 14.3. The minimum Gasteiger partial charge on any atom is -0.326 e. The minimum atomic E-state index is -0.381. The first-order valence-corrected chi connectivity index (χ1v) is 8.49. The summed E-state index contributed by atoms with van der Waals surface area (Å²) in [7, 11) is 0. The van der Waals surface area contributed by atoms with Crippen molar-refractivity contribution in [2.75, 3.05) is 17.2 Å². The molecule has 1 heterocycles. The first kappa shape index (κ1) is 18.1. The summed E-state index contributed by atoms with van der Waals surface area (Å²) in [5, 5.41) is 11.7. The van der Waals surface area contributed by atoms with E-state index >= 15 is 0 Å². The molecule has 1 aromatic carbocycles.